The molecule has 2 heterocycles. The van der Waals surface area contributed by atoms with Crippen molar-refractivity contribution in [2.75, 3.05) is 26.7 Å². The first-order valence-corrected chi connectivity index (χ1v) is 8.61. The minimum atomic E-state index is -0.223. The first-order chi connectivity index (χ1) is 11.6. The Hall–Kier alpha value is -1.62. The summed E-state index contributed by atoms with van der Waals surface area (Å²) in [6, 6.07) is 3.32. The van der Waals surface area contributed by atoms with E-state index in [2.05, 4.69) is 32.9 Å². The molecule has 0 aliphatic heterocycles. The van der Waals surface area contributed by atoms with Crippen LogP contribution in [0.15, 0.2) is 27.8 Å². The van der Waals surface area contributed by atoms with E-state index in [-0.39, 0.29) is 29.9 Å². The van der Waals surface area contributed by atoms with E-state index in [1.54, 1.807) is 30.5 Å². The zero-order chi connectivity index (χ0) is 17.4. The van der Waals surface area contributed by atoms with Crippen LogP contribution < -0.4 is 16.0 Å². The standard InChI is InChI=1S/C16H23N5O2S.HI/c1-11-12(2)24-14(21-11)6-7-19-16(17-3)20-9-8-18-15(22)13-5-4-10-23-13;/h4-5,10H,6-9H2,1-3H3,(H,18,22)(H2,17,19,20);1H. The molecule has 2 aromatic rings. The van der Waals surface area contributed by atoms with Crippen molar-refractivity contribution in [2.45, 2.75) is 20.3 Å². The number of carbonyl (C=O) groups is 1. The lowest BCUT2D eigenvalue weighted by molar-refractivity contribution is 0.0926. The SMILES string of the molecule is CN=C(NCCNC(=O)c1ccco1)NCCc1nc(C)c(C)s1.I. The molecular weight excluding hydrogens is 453 g/mol. The summed E-state index contributed by atoms with van der Waals surface area (Å²) in [4.78, 5) is 21.6. The third-order valence-electron chi connectivity index (χ3n) is 3.38. The molecule has 0 fully saturated rings. The molecule has 0 radical (unpaired) electrons. The van der Waals surface area contributed by atoms with Crippen molar-refractivity contribution in [3.63, 3.8) is 0 Å². The Kier molecular flexibility index (Phi) is 9.50. The third-order valence-corrected chi connectivity index (χ3v) is 4.51. The molecular formula is C16H24IN5O2S. The molecule has 0 atom stereocenters. The van der Waals surface area contributed by atoms with E-state index in [0.717, 1.165) is 23.7 Å². The van der Waals surface area contributed by atoms with Gasteiger partial charge in [0.25, 0.3) is 5.91 Å². The summed E-state index contributed by atoms with van der Waals surface area (Å²) in [6.45, 7) is 5.92. The molecule has 9 heteroatoms. The van der Waals surface area contributed by atoms with Crippen LogP contribution >= 0.6 is 35.3 Å². The minimum absolute atomic E-state index is 0. The number of aliphatic imine (C=N–C) groups is 1. The van der Waals surface area contributed by atoms with Gasteiger partial charge in [0.05, 0.1) is 17.0 Å². The predicted molar refractivity (Wildman–Crippen MR) is 111 cm³/mol. The van der Waals surface area contributed by atoms with E-state index in [9.17, 15) is 4.79 Å². The lowest BCUT2D eigenvalue weighted by Crippen LogP contribution is -2.42. The highest BCUT2D eigenvalue weighted by Gasteiger charge is 2.07. The number of carbonyl (C=O) groups excluding carboxylic acids is 1. The Balaban J connectivity index is 0.00000312. The van der Waals surface area contributed by atoms with Gasteiger partial charge in [-0.2, -0.15) is 0 Å². The summed E-state index contributed by atoms with van der Waals surface area (Å²) < 4.78 is 5.03. The van der Waals surface area contributed by atoms with Crippen molar-refractivity contribution in [3.05, 3.63) is 39.7 Å². The number of furan rings is 1. The molecule has 0 spiro atoms. The number of aryl methyl sites for hydroxylation is 2. The molecule has 25 heavy (non-hydrogen) atoms. The molecule has 1 amide bonds. The van der Waals surface area contributed by atoms with E-state index in [1.165, 1.54) is 11.1 Å². The maximum absolute atomic E-state index is 11.7. The van der Waals surface area contributed by atoms with E-state index >= 15 is 0 Å². The van der Waals surface area contributed by atoms with E-state index in [1.807, 2.05) is 6.92 Å². The number of amides is 1. The van der Waals surface area contributed by atoms with Gasteiger partial charge in [-0.25, -0.2) is 4.98 Å². The molecule has 0 saturated carbocycles. The smallest absolute Gasteiger partial charge is 0.287 e. The molecule has 2 aromatic heterocycles. The highest BCUT2D eigenvalue weighted by atomic mass is 127. The van der Waals surface area contributed by atoms with Crippen LogP contribution in [-0.2, 0) is 6.42 Å². The summed E-state index contributed by atoms with van der Waals surface area (Å²) in [5.74, 6) is 0.790. The van der Waals surface area contributed by atoms with Crippen LogP contribution in [0.3, 0.4) is 0 Å². The lowest BCUT2D eigenvalue weighted by Gasteiger charge is -2.11. The lowest BCUT2D eigenvalue weighted by atomic mass is 10.4. The van der Waals surface area contributed by atoms with Crippen molar-refractivity contribution < 1.29 is 9.21 Å². The van der Waals surface area contributed by atoms with E-state index in [0.29, 0.717) is 24.8 Å². The number of thiazole rings is 1. The van der Waals surface area contributed by atoms with Crippen LogP contribution in [0.2, 0.25) is 0 Å². The molecule has 0 bridgehead atoms. The van der Waals surface area contributed by atoms with Gasteiger partial charge in [-0.05, 0) is 26.0 Å². The quantitative estimate of drug-likeness (QED) is 0.246. The first kappa shape index (κ1) is 21.4. The zero-order valence-corrected chi connectivity index (χ0v) is 17.7. The summed E-state index contributed by atoms with van der Waals surface area (Å²) >= 11 is 1.73. The zero-order valence-electron chi connectivity index (χ0n) is 14.6. The predicted octanol–water partition coefficient (Wildman–Crippen LogP) is 2.11. The number of hydrogen-bond donors (Lipinski definition) is 3. The second kappa shape index (κ2) is 11.1. The second-order valence-corrected chi connectivity index (χ2v) is 6.45. The second-order valence-electron chi connectivity index (χ2n) is 5.16. The van der Waals surface area contributed by atoms with Gasteiger partial charge in [-0.15, -0.1) is 35.3 Å². The first-order valence-electron chi connectivity index (χ1n) is 7.79. The molecule has 0 aliphatic carbocycles. The van der Waals surface area contributed by atoms with Crippen molar-refractivity contribution in [1.29, 1.82) is 0 Å². The van der Waals surface area contributed by atoms with Gasteiger partial charge >= 0.3 is 0 Å². The highest BCUT2D eigenvalue weighted by molar-refractivity contribution is 14.0. The number of nitrogens with zero attached hydrogens (tertiary/aromatic N) is 2. The van der Waals surface area contributed by atoms with Gasteiger partial charge in [0.1, 0.15) is 0 Å². The summed E-state index contributed by atoms with van der Waals surface area (Å²) in [7, 11) is 1.72. The van der Waals surface area contributed by atoms with Crippen molar-refractivity contribution in [2.24, 2.45) is 4.99 Å². The number of hydrogen-bond acceptors (Lipinski definition) is 5. The molecule has 0 aliphatic rings. The van der Waals surface area contributed by atoms with Crippen LogP contribution in [-0.4, -0.2) is 43.5 Å². The number of aromatic nitrogens is 1. The van der Waals surface area contributed by atoms with E-state index < -0.39 is 0 Å². The fourth-order valence-electron chi connectivity index (χ4n) is 2.01. The van der Waals surface area contributed by atoms with Crippen molar-refractivity contribution >= 4 is 47.2 Å². The Bertz CT molecular complexity index is 665. The summed E-state index contributed by atoms with van der Waals surface area (Å²) in [5, 5.41) is 10.3. The number of nitrogens with one attached hydrogen (secondary N) is 3. The fourth-order valence-corrected chi connectivity index (χ4v) is 2.94. The normalized spacial score (nSPS) is 10.9. The Morgan fingerprint density at radius 2 is 1.96 bits per heavy atom. The van der Waals surface area contributed by atoms with Crippen molar-refractivity contribution in [1.82, 2.24) is 20.9 Å². The molecule has 2 rings (SSSR count). The van der Waals surface area contributed by atoms with E-state index in [4.69, 9.17) is 4.42 Å². The van der Waals surface area contributed by atoms with Gasteiger partial charge in [0.15, 0.2) is 11.7 Å². The minimum Gasteiger partial charge on any atom is -0.459 e. The fraction of sp³-hybridized carbons (Fsp3) is 0.438. The number of halogens is 1. The molecule has 138 valence electrons. The van der Waals surface area contributed by atoms with Gasteiger partial charge in [0, 0.05) is 38.0 Å². The average Bonchev–Trinajstić information content (AvgIpc) is 3.20. The molecule has 0 aromatic carbocycles. The average molecular weight is 477 g/mol. The number of rotatable bonds is 7. The summed E-state index contributed by atoms with van der Waals surface area (Å²) in [6.07, 6.45) is 2.33. The molecule has 7 nitrogen and oxygen atoms in total. The van der Waals surface area contributed by atoms with Gasteiger partial charge in [0.2, 0.25) is 0 Å². The maximum atomic E-state index is 11.7. The monoisotopic (exact) mass is 477 g/mol. The van der Waals surface area contributed by atoms with Crippen LogP contribution in [0, 0.1) is 13.8 Å². The van der Waals surface area contributed by atoms with Crippen molar-refractivity contribution in [3.8, 4) is 0 Å². The van der Waals surface area contributed by atoms with Crippen LogP contribution in [0.5, 0.6) is 0 Å². The highest BCUT2D eigenvalue weighted by Crippen LogP contribution is 2.16. The third kappa shape index (κ3) is 7.02. The topological polar surface area (TPSA) is 91.5 Å². The van der Waals surface area contributed by atoms with Gasteiger partial charge < -0.3 is 20.4 Å². The summed E-state index contributed by atoms with van der Waals surface area (Å²) in [5.41, 5.74) is 1.10. The Morgan fingerprint density at radius 1 is 1.24 bits per heavy atom. The maximum Gasteiger partial charge on any atom is 0.287 e. The van der Waals surface area contributed by atoms with Crippen LogP contribution in [0.1, 0.15) is 26.1 Å². The number of guanidine groups is 1. The largest absolute Gasteiger partial charge is 0.459 e. The Labute approximate surface area is 168 Å². The van der Waals surface area contributed by atoms with Gasteiger partial charge in [-0.3, -0.25) is 9.79 Å². The molecule has 0 unspecified atom stereocenters. The van der Waals surface area contributed by atoms with Crippen LogP contribution in [0.25, 0.3) is 0 Å². The Morgan fingerprint density at radius 3 is 2.56 bits per heavy atom. The van der Waals surface area contributed by atoms with Gasteiger partial charge in [-0.1, -0.05) is 0 Å². The van der Waals surface area contributed by atoms with Crippen LogP contribution in [0.4, 0.5) is 0 Å². The molecule has 3 N–H and O–H groups in total. The molecule has 0 saturated heterocycles.